The highest BCUT2D eigenvalue weighted by Gasteiger charge is 2.05. The molecule has 0 amide bonds. The van der Waals surface area contributed by atoms with Crippen LogP contribution in [-0.2, 0) is 0 Å². The Bertz CT molecular complexity index is 534. The number of nitrogens with zero attached hydrogens (tertiary/aromatic N) is 1. The number of hydrogen-bond donors (Lipinski definition) is 1. The molecule has 3 heteroatoms. The van der Waals surface area contributed by atoms with Crippen LogP contribution in [0.5, 0.6) is 0 Å². The van der Waals surface area contributed by atoms with Gasteiger partial charge in [-0.15, -0.1) is 0 Å². The fourth-order valence-corrected chi connectivity index (χ4v) is 1.95. The van der Waals surface area contributed by atoms with E-state index in [1.165, 1.54) is 0 Å². The summed E-state index contributed by atoms with van der Waals surface area (Å²) in [5.41, 5.74) is 3.08. The zero-order chi connectivity index (χ0) is 10.8. The van der Waals surface area contributed by atoms with Crippen LogP contribution in [0.15, 0.2) is 36.9 Å². The summed E-state index contributed by atoms with van der Waals surface area (Å²) in [5, 5.41) is 3.22. The van der Waals surface area contributed by atoms with Gasteiger partial charge in [0.2, 0.25) is 0 Å². The quantitative estimate of drug-likeness (QED) is 0.762. The van der Waals surface area contributed by atoms with E-state index in [1.54, 1.807) is 6.08 Å². The minimum absolute atomic E-state index is 0.772. The van der Waals surface area contributed by atoms with Gasteiger partial charge in [-0.25, -0.2) is 4.68 Å². The van der Waals surface area contributed by atoms with Gasteiger partial charge < -0.3 is 0 Å². The molecule has 2 nitrogen and oxygen atoms in total. The van der Waals surface area contributed by atoms with Crippen molar-refractivity contribution in [1.82, 2.24) is 9.78 Å². The predicted molar refractivity (Wildman–Crippen MR) is 65.8 cm³/mol. The lowest BCUT2D eigenvalue weighted by molar-refractivity contribution is 0.853. The van der Waals surface area contributed by atoms with Crippen molar-refractivity contribution >= 4 is 18.3 Å². The normalized spacial score (nSPS) is 10.2. The maximum absolute atomic E-state index is 5.35. The van der Waals surface area contributed by atoms with Crippen molar-refractivity contribution in [2.75, 3.05) is 0 Å². The zero-order valence-electron chi connectivity index (χ0n) is 8.53. The van der Waals surface area contributed by atoms with Crippen LogP contribution >= 0.6 is 12.2 Å². The molecule has 0 atom stereocenters. The molecule has 2 rings (SSSR count). The Morgan fingerprint density at radius 1 is 1.33 bits per heavy atom. The summed E-state index contributed by atoms with van der Waals surface area (Å²) in [6.45, 7) is 5.75. The second-order valence-corrected chi connectivity index (χ2v) is 3.72. The van der Waals surface area contributed by atoms with E-state index in [9.17, 15) is 0 Å². The first-order chi connectivity index (χ1) is 7.24. The molecule has 0 radical (unpaired) electrons. The minimum Gasteiger partial charge on any atom is -0.297 e. The molecule has 0 aliphatic carbocycles. The predicted octanol–water partition coefficient (Wildman–Crippen LogP) is 3.49. The monoisotopic (exact) mass is 216 g/mol. The van der Waals surface area contributed by atoms with Gasteiger partial charge in [0.1, 0.15) is 4.64 Å². The molecule has 0 saturated heterocycles. The van der Waals surface area contributed by atoms with Gasteiger partial charge in [-0.1, -0.05) is 43.1 Å². The number of nitrogens with one attached hydrogen (secondary N) is 1. The van der Waals surface area contributed by atoms with E-state index in [2.05, 4.69) is 11.7 Å². The van der Waals surface area contributed by atoms with Gasteiger partial charge >= 0.3 is 0 Å². The summed E-state index contributed by atoms with van der Waals surface area (Å²) in [4.78, 5) is 0. The van der Waals surface area contributed by atoms with Crippen LogP contribution in [0.4, 0.5) is 0 Å². The van der Waals surface area contributed by atoms with Crippen molar-refractivity contribution in [3.05, 3.63) is 52.8 Å². The molecule has 0 aliphatic heterocycles. The molecular formula is C12H12N2S. The van der Waals surface area contributed by atoms with E-state index >= 15 is 0 Å². The molecule has 76 valence electrons. The van der Waals surface area contributed by atoms with Crippen molar-refractivity contribution in [3.8, 4) is 5.69 Å². The highest BCUT2D eigenvalue weighted by Crippen LogP contribution is 2.15. The van der Waals surface area contributed by atoms with Crippen LogP contribution in [0.1, 0.15) is 11.3 Å². The fourth-order valence-electron chi connectivity index (χ4n) is 1.56. The van der Waals surface area contributed by atoms with E-state index in [0.29, 0.717) is 0 Å². The fraction of sp³-hybridized carbons (Fsp3) is 0.0833. The first-order valence-electron chi connectivity index (χ1n) is 4.73. The molecule has 15 heavy (non-hydrogen) atoms. The van der Waals surface area contributed by atoms with Crippen LogP contribution < -0.4 is 0 Å². The molecule has 0 fully saturated rings. The molecule has 1 heterocycles. The maximum atomic E-state index is 5.35. The smallest absolute Gasteiger partial charge is 0.135 e. The molecule has 0 saturated carbocycles. The van der Waals surface area contributed by atoms with E-state index in [1.807, 2.05) is 41.9 Å². The molecule has 1 aromatic carbocycles. The van der Waals surface area contributed by atoms with E-state index in [-0.39, 0.29) is 0 Å². The number of para-hydroxylation sites is 1. The van der Waals surface area contributed by atoms with Gasteiger partial charge in [0.25, 0.3) is 0 Å². The summed E-state index contributed by atoms with van der Waals surface area (Å²) in [5.74, 6) is 0. The lowest BCUT2D eigenvalue weighted by atomic mass is 10.3. The third-order valence-corrected chi connectivity index (χ3v) is 2.74. The molecule has 0 bridgehead atoms. The second kappa shape index (κ2) is 3.87. The largest absolute Gasteiger partial charge is 0.297 e. The summed E-state index contributed by atoms with van der Waals surface area (Å²) < 4.78 is 2.66. The third kappa shape index (κ3) is 1.66. The van der Waals surface area contributed by atoms with Crippen molar-refractivity contribution in [2.45, 2.75) is 6.92 Å². The summed E-state index contributed by atoms with van der Waals surface area (Å²) in [7, 11) is 0. The number of aromatic nitrogens is 2. The number of benzene rings is 1. The molecule has 1 aromatic heterocycles. The molecule has 2 aromatic rings. The van der Waals surface area contributed by atoms with Crippen LogP contribution in [-0.4, -0.2) is 9.78 Å². The summed E-state index contributed by atoms with van der Waals surface area (Å²) >= 11 is 5.35. The molecular weight excluding hydrogens is 204 g/mol. The van der Waals surface area contributed by atoms with Crippen LogP contribution in [0, 0.1) is 11.6 Å². The Labute approximate surface area is 93.9 Å². The third-order valence-electron chi connectivity index (χ3n) is 2.34. The summed E-state index contributed by atoms with van der Waals surface area (Å²) in [6.07, 6.45) is 1.79. The lowest BCUT2D eigenvalue weighted by Gasteiger charge is -2.00. The Balaban J connectivity index is 2.66. The standard InChI is InChI=1S/C12H12N2S/c1-3-11-9(2)13-14(12(11)15)10-7-5-4-6-8-10/h3-8,13H,1H2,2H3. The van der Waals surface area contributed by atoms with E-state index in [4.69, 9.17) is 12.2 Å². The van der Waals surface area contributed by atoms with E-state index < -0.39 is 0 Å². The highest BCUT2D eigenvalue weighted by molar-refractivity contribution is 7.71. The number of aromatic amines is 1. The van der Waals surface area contributed by atoms with Gasteiger partial charge in [0, 0.05) is 11.3 Å². The van der Waals surface area contributed by atoms with Crippen molar-refractivity contribution < 1.29 is 0 Å². The molecule has 0 spiro atoms. The molecule has 0 aliphatic rings. The van der Waals surface area contributed by atoms with Crippen LogP contribution in [0.3, 0.4) is 0 Å². The minimum atomic E-state index is 0.772. The first-order valence-corrected chi connectivity index (χ1v) is 5.14. The molecule has 0 unspecified atom stereocenters. The number of rotatable bonds is 2. The van der Waals surface area contributed by atoms with Crippen molar-refractivity contribution in [1.29, 1.82) is 0 Å². The average Bonchev–Trinajstić information content (AvgIpc) is 2.55. The SMILES string of the molecule is C=Cc1c(C)[nH]n(-c2ccccc2)c1=S. The topological polar surface area (TPSA) is 20.7 Å². The van der Waals surface area contributed by atoms with Crippen LogP contribution in [0.25, 0.3) is 11.8 Å². The summed E-state index contributed by atoms with van der Waals surface area (Å²) in [6, 6.07) is 9.98. The number of aryl methyl sites for hydroxylation is 1. The van der Waals surface area contributed by atoms with Gasteiger partial charge in [-0.3, -0.25) is 5.10 Å². The Hall–Kier alpha value is -1.61. The van der Waals surface area contributed by atoms with Gasteiger partial charge in [0.15, 0.2) is 0 Å². The van der Waals surface area contributed by atoms with E-state index in [0.717, 1.165) is 21.6 Å². The van der Waals surface area contributed by atoms with Crippen molar-refractivity contribution in [2.24, 2.45) is 0 Å². The average molecular weight is 216 g/mol. The zero-order valence-corrected chi connectivity index (χ0v) is 9.34. The Morgan fingerprint density at radius 3 is 2.53 bits per heavy atom. The maximum Gasteiger partial charge on any atom is 0.135 e. The Morgan fingerprint density at radius 2 is 2.00 bits per heavy atom. The highest BCUT2D eigenvalue weighted by atomic mass is 32.1. The van der Waals surface area contributed by atoms with Crippen LogP contribution in [0.2, 0.25) is 0 Å². The number of H-pyrrole nitrogens is 1. The van der Waals surface area contributed by atoms with Gasteiger partial charge in [-0.2, -0.15) is 0 Å². The molecule has 1 N–H and O–H groups in total. The lowest BCUT2D eigenvalue weighted by Crippen LogP contribution is -1.95. The first kappa shape index (κ1) is 9.93. The second-order valence-electron chi connectivity index (χ2n) is 3.33. The van der Waals surface area contributed by atoms with Gasteiger partial charge in [0.05, 0.1) is 5.69 Å². The van der Waals surface area contributed by atoms with Gasteiger partial charge in [-0.05, 0) is 19.1 Å². The Kier molecular flexibility index (Phi) is 2.56. The number of hydrogen-bond acceptors (Lipinski definition) is 1. The van der Waals surface area contributed by atoms with Crippen molar-refractivity contribution in [3.63, 3.8) is 0 Å².